The number of nitrogens with zero attached hydrogens (tertiary/aromatic N) is 4. The maximum Gasteiger partial charge on any atom is 0.435 e. The maximum atomic E-state index is 12.9. The van der Waals surface area contributed by atoms with Gasteiger partial charge < -0.3 is 28.0 Å². The number of piperidine rings is 1. The number of amidine groups is 1. The topological polar surface area (TPSA) is 70.3 Å². The number of benzene rings is 2. The van der Waals surface area contributed by atoms with Crippen LogP contribution in [0.25, 0.3) is 11.8 Å². The second kappa shape index (κ2) is 10.7. The lowest BCUT2D eigenvalue weighted by Gasteiger charge is -2.51. The quantitative estimate of drug-likeness (QED) is 0.251. The fourth-order valence-electron chi connectivity index (χ4n) is 6.01. The normalized spacial score (nSPS) is 24.3. The zero-order valence-electron chi connectivity index (χ0n) is 23.5. The minimum atomic E-state index is -10.1. The van der Waals surface area contributed by atoms with Crippen molar-refractivity contribution >= 4 is 22.4 Å². The summed E-state index contributed by atoms with van der Waals surface area (Å²) in [4.78, 5) is 12.6. The molecule has 4 heterocycles. The van der Waals surface area contributed by atoms with E-state index in [1.54, 1.807) is 13.4 Å². The molecule has 3 aliphatic rings. The molecule has 2 atom stereocenters. The van der Waals surface area contributed by atoms with Gasteiger partial charge >= 0.3 is 10.5 Å². The van der Waals surface area contributed by atoms with Crippen LogP contribution in [0.3, 0.4) is 0 Å². The molecule has 0 aliphatic carbocycles. The highest BCUT2D eigenvalue weighted by atomic mass is 32.5. The minimum Gasteiger partial charge on any atom is -0.495 e. The van der Waals surface area contributed by atoms with E-state index in [0.29, 0.717) is 43.1 Å². The zero-order valence-corrected chi connectivity index (χ0v) is 24.3. The van der Waals surface area contributed by atoms with Crippen molar-refractivity contribution in [1.82, 2.24) is 14.5 Å². The summed E-state index contributed by atoms with van der Waals surface area (Å²) < 4.78 is 81.3. The van der Waals surface area contributed by atoms with Gasteiger partial charge in [-0.2, -0.15) is 0 Å². The van der Waals surface area contributed by atoms with E-state index in [1.807, 2.05) is 42.0 Å². The first-order valence-electron chi connectivity index (χ1n) is 13.8. The molecule has 1 unspecified atom stereocenters. The van der Waals surface area contributed by atoms with Crippen molar-refractivity contribution in [3.63, 3.8) is 0 Å². The molecular formula is C30H35F5N4O4S. The molecule has 6 rings (SSSR count). The van der Waals surface area contributed by atoms with Crippen LogP contribution in [0, 0.1) is 6.92 Å². The molecule has 0 radical (unpaired) electrons. The molecule has 2 aromatic carbocycles. The van der Waals surface area contributed by atoms with E-state index in [4.69, 9.17) is 14.3 Å². The number of halogens is 5. The highest BCUT2D eigenvalue weighted by Crippen LogP contribution is 2.97. The summed E-state index contributed by atoms with van der Waals surface area (Å²) in [6.45, 7) is 3.29. The van der Waals surface area contributed by atoms with E-state index in [0.717, 1.165) is 47.5 Å². The van der Waals surface area contributed by atoms with Gasteiger partial charge in [0.05, 0.1) is 31.4 Å². The fourth-order valence-corrected chi connectivity index (χ4v) is 6.48. The van der Waals surface area contributed by atoms with Gasteiger partial charge in [0.15, 0.2) is 11.4 Å². The van der Waals surface area contributed by atoms with Crippen LogP contribution in [0.1, 0.15) is 56.0 Å². The van der Waals surface area contributed by atoms with Crippen LogP contribution in [0.5, 0.6) is 11.5 Å². The zero-order chi connectivity index (χ0) is 30.5. The second-order valence-corrected chi connectivity index (χ2v) is 13.0. The first-order chi connectivity index (χ1) is 20.2. The van der Waals surface area contributed by atoms with Crippen LogP contribution in [0.4, 0.5) is 19.4 Å². The average Bonchev–Trinajstić information content (AvgIpc) is 3.38. The monoisotopic (exact) mass is 642 g/mol. The molecule has 14 heteroatoms. The SMILES string of the molecule is C.COc1cc(/C=C2\CCCN3C2=NOC2(CCCOC2)[C@@H]3c2ccc(OS(F)(F)(F)(F)F)cc2)ccc1-n1cnc(C)c1. The van der Waals surface area contributed by atoms with E-state index >= 15 is 0 Å². The van der Waals surface area contributed by atoms with Gasteiger partial charge in [-0.05, 0) is 79.6 Å². The van der Waals surface area contributed by atoms with Crippen LogP contribution in [0.15, 0.2) is 65.7 Å². The van der Waals surface area contributed by atoms with Crippen molar-refractivity contribution in [1.29, 1.82) is 0 Å². The molecule has 1 spiro atoms. The summed E-state index contributed by atoms with van der Waals surface area (Å²) in [6.07, 6.45) is 8.44. The summed E-state index contributed by atoms with van der Waals surface area (Å²) in [5.74, 6) is 0.282. The maximum absolute atomic E-state index is 12.9. The van der Waals surface area contributed by atoms with Gasteiger partial charge in [0.2, 0.25) is 0 Å². The third-order valence-electron chi connectivity index (χ3n) is 7.75. The smallest absolute Gasteiger partial charge is 0.435 e. The number of hydrogen-bond donors (Lipinski definition) is 0. The van der Waals surface area contributed by atoms with Crippen LogP contribution in [-0.4, -0.2) is 52.8 Å². The van der Waals surface area contributed by atoms with Crippen molar-refractivity contribution in [2.75, 3.05) is 26.9 Å². The summed E-state index contributed by atoms with van der Waals surface area (Å²) in [5.41, 5.74) is 3.19. The third kappa shape index (κ3) is 6.65. The Bertz CT molecular complexity index is 1590. The first kappa shape index (κ1) is 31.6. The number of oxime groups is 1. The Morgan fingerprint density at radius 2 is 1.84 bits per heavy atom. The number of aromatic nitrogens is 2. The van der Waals surface area contributed by atoms with E-state index < -0.39 is 27.9 Å². The summed E-state index contributed by atoms with van der Waals surface area (Å²) in [5, 5.41) is 4.56. The van der Waals surface area contributed by atoms with Gasteiger partial charge in [0, 0.05) is 19.3 Å². The number of imidazole rings is 1. The molecule has 0 amide bonds. The summed E-state index contributed by atoms with van der Waals surface area (Å²) >= 11 is 0. The molecule has 3 aliphatic heterocycles. The van der Waals surface area contributed by atoms with Crippen molar-refractivity contribution in [2.24, 2.45) is 5.16 Å². The van der Waals surface area contributed by atoms with Crippen molar-refractivity contribution in [2.45, 2.75) is 51.7 Å². The van der Waals surface area contributed by atoms with Crippen molar-refractivity contribution in [3.8, 4) is 17.2 Å². The highest BCUT2D eigenvalue weighted by Gasteiger charge is 2.67. The Morgan fingerprint density at radius 1 is 1.07 bits per heavy atom. The molecule has 0 saturated carbocycles. The van der Waals surface area contributed by atoms with Gasteiger partial charge in [-0.3, -0.25) is 0 Å². The van der Waals surface area contributed by atoms with Crippen molar-refractivity contribution in [3.05, 3.63) is 77.4 Å². The lowest BCUT2D eigenvalue weighted by molar-refractivity contribution is -0.174. The van der Waals surface area contributed by atoms with Gasteiger partial charge in [0.1, 0.15) is 17.5 Å². The number of fused-ring (bicyclic) bond motifs is 1. The van der Waals surface area contributed by atoms with Gasteiger partial charge in [0.25, 0.3) is 0 Å². The van der Waals surface area contributed by atoms with Gasteiger partial charge in [-0.15, -0.1) is 0 Å². The predicted molar refractivity (Wildman–Crippen MR) is 160 cm³/mol. The minimum absolute atomic E-state index is 0. The molecule has 1 aromatic heterocycles. The predicted octanol–water partition coefficient (Wildman–Crippen LogP) is 8.53. The van der Waals surface area contributed by atoms with E-state index in [1.165, 1.54) is 12.1 Å². The molecule has 2 fully saturated rings. The summed E-state index contributed by atoms with van der Waals surface area (Å²) in [7, 11) is -8.50. The number of rotatable bonds is 6. The Balaban J connectivity index is 0.00000384. The number of aryl methyl sites for hydroxylation is 1. The number of ether oxygens (including phenoxy) is 2. The molecule has 240 valence electrons. The highest BCUT2D eigenvalue weighted by molar-refractivity contribution is 8.42. The number of hydrogen-bond acceptors (Lipinski definition) is 7. The lowest BCUT2D eigenvalue weighted by atomic mass is 9.81. The van der Waals surface area contributed by atoms with E-state index in [9.17, 15) is 19.4 Å². The van der Waals surface area contributed by atoms with E-state index in [-0.39, 0.29) is 14.0 Å². The standard InChI is InChI=1S/C29H31F5N4O4S.CH4/c1-20-17-37(19-35-20)25-11-6-21(16-26(25)39-2)15-23-5-3-13-38-27(29(42-36-28(23)38)12-4-14-40-18-29)22-7-9-24(10-8-22)41-43(30,31,32,33)34;/h6-11,15-17,19,27H,3-5,12-14,18H2,1-2H3;1H4/b23-15+;/t27-,29?;/m0./s1. The lowest BCUT2D eigenvalue weighted by Crippen LogP contribution is -2.58. The Hall–Kier alpha value is -3.78. The number of methoxy groups -OCH3 is 1. The van der Waals surface area contributed by atoms with Gasteiger partial charge in [-0.25, -0.2) is 4.98 Å². The second-order valence-electron chi connectivity index (χ2n) is 11.0. The molecule has 8 nitrogen and oxygen atoms in total. The van der Waals surface area contributed by atoms with Crippen molar-refractivity contribution < 1.29 is 37.9 Å². The summed E-state index contributed by atoms with van der Waals surface area (Å²) in [6, 6.07) is 9.90. The molecular weight excluding hydrogens is 607 g/mol. The molecule has 0 bridgehead atoms. The molecule has 3 aromatic rings. The van der Waals surface area contributed by atoms with Crippen LogP contribution >= 0.6 is 10.5 Å². The molecule has 44 heavy (non-hydrogen) atoms. The third-order valence-corrected chi connectivity index (χ3v) is 8.25. The first-order valence-corrected chi connectivity index (χ1v) is 15.7. The molecule has 0 N–H and O–H groups in total. The Kier molecular flexibility index (Phi) is 7.68. The van der Waals surface area contributed by atoms with Crippen LogP contribution in [-0.2, 0) is 9.57 Å². The molecule has 2 saturated heterocycles. The van der Waals surface area contributed by atoms with Crippen LogP contribution in [0.2, 0.25) is 0 Å². The fraction of sp³-hybridized carbons (Fsp3) is 0.400. The Labute approximate surface area is 253 Å². The van der Waals surface area contributed by atoms with Gasteiger partial charge in [-0.1, -0.05) is 50.2 Å². The Morgan fingerprint density at radius 3 is 2.48 bits per heavy atom. The van der Waals surface area contributed by atoms with Crippen LogP contribution < -0.4 is 8.92 Å². The van der Waals surface area contributed by atoms with E-state index in [2.05, 4.69) is 19.2 Å². The average molecular weight is 643 g/mol. The largest absolute Gasteiger partial charge is 0.495 e.